The summed E-state index contributed by atoms with van der Waals surface area (Å²) in [5, 5.41) is 5.31. The first-order valence-electron chi connectivity index (χ1n) is 8.22. The summed E-state index contributed by atoms with van der Waals surface area (Å²) in [5.41, 5.74) is 3.49. The van der Waals surface area contributed by atoms with Crippen LogP contribution < -0.4 is 10.6 Å². The Balaban J connectivity index is 1.96. The average Bonchev–Trinajstić information content (AvgIpc) is 2.55. The van der Waals surface area contributed by atoms with Gasteiger partial charge in [-0.2, -0.15) is 0 Å². The smallest absolute Gasteiger partial charge is 0.338 e. The number of nitrogens with one attached hydrogen (secondary N) is 2. The van der Waals surface area contributed by atoms with Crippen LogP contribution in [0.4, 0.5) is 11.4 Å². The van der Waals surface area contributed by atoms with E-state index >= 15 is 0 Å². The van der Waals surface area contributed by atoms with E-state index in [0.29, 0.717) is 16.9 Å². The van der Waals surface area contributed by atoms with Crippen molar-refractivity contribution in [3.63, 3.8) is 0 Å². The minimum atomic E-state index is -0.946. The summed E-state index contributed by atoms with van der Waals surface area (Å²) < 4.78 is 5.25. The Bertz CT molecular complexity index is 808. The fourth-order valence-corrected chi connectivity index (χ4v) is 2.46. The summed E-state index contributed by atoms with van der Waals surface area (Å²) in [6.07, 6.45) is -0.946. The molecular formula is C20H22N2O4. The molecule has 2 amide bonds. The maximum absolute atomic E-state index is 12.2. The van der Waals surface area contributed by atoms with E-state index in [9.17, 15) is 14.4 Å². The molecule has 0 radical (unpaired) electrons. The van der Waals surface area contributed by atoms with Gasteiger partial charge in [0.05, 0.1) is 5.56 Å². The highest BCUT2D eigenvalue weighted by Gasteiger charge is 2.19. The number of amides is 2. The van der Waals surface area contributed by atoms with Crippen molar-refractivity contribution in [2.75, 3.05) is 10.6 Å². The Morgan fingerprint density at radius 1 is 0.885 bits per heavy atom. The maximum atomic E-state index is 12.2. The van der Waals surface area contributed by atoms with Crippen molar-refractivity contribution < 1.29 is 19.1 Å². The Hall–Kier alpha value is -3.15. The number of ether oxygens (including phenoxy) is 1. The molecule has 1 atom stereocenters. The average molecular weight is 354 g/mol. The highest BCUT2D eigenvalue weighted by atomic mass is 16.5. The lowest BCUT2D eigenvalue weighted by Crippen LogP contribution is -2.30. The number of hydrogen-bond acceptors (Lipinski definition) is 4. The van der Waals surface area contributed by atoms with Gasteiger partial charge in [0.15, 0.2) is 6.10 Å². The lowest BCUT2D eigenvalue weighted by Gasteiger charge is -2.14. The van der Waals surface area contributed by atoms with Gasteiger partial charge in [0.2, 0.25) is 5.91 Å². The number of rotatable bonds is 5. The van der Waals surface area contributed by atoms with E-state index in [-0.39, 0.29) is 5.91 Å². The molecule has 6 heteroatoms. The third-order valence-electron chi connectivity index (χ3n) is 3.58. The zero-order valence-electron chi connectivity index (χ0n) is 15.3. The molecular weight excluding hydrogens is 332 g/mol. The molecule has 2 aromatic carbocycles. The lowest BCUT2D eigenvalue weighted by atomic mass is 10.1. The van der Waals surface area contributed by atoms with Crippen molar-refractivity contribution in [1.29, 1.82) is 0 Å². The van der Waals surface area contributed by atoms with Crippen LogP contribution in [-0.4, -0.2) is 23.9 Å². The largest absolute Gasteiger partial charge is 0.449 e. The minimum Gasteiger partial charge on any atom is -0.449 e. The molecule has 0 fully saturated rings. The molecule has 0 unspecified atom stereocenters. The number of anilines is 2. The third kappa shape index (κ3) is 5.44. The standard InChI is InChI=1S/C20H22N2O4/c1-12-9-13(2)11-16(10-12)20(25)26-14(3)19(24)22-18-7-5-17(6-8-18)21-15(4)23/h5-11,14H,1-4H3,(H,21,23)(H,22,24)/t14-/m0/s1. The Morgan fingerprint density at radius 3 is 1.88 bits per heavy atom. The molecule has 0 aliphatic carbocycles. The number of hydrogen-bond donors (Lipinski definition) is 2. The fraction of sp³-hybridized carbons (Fsp3) is 0.250. The normalized spacial score (nSPS) is 11.4. The van der Waals surface area contributed by atoms with Crippen molar-refractivity contribution in [3.8, 4) is 0 Å². The first-order chi connectivity index (χ1) is 12.2. The molecule has 26 heavy (non-hydrogen) atoms. The molecule has 0 bridgehead atoms. The zero-order valence-corrected chi connectivity index (χ0v) is 15.3. The molecule has 2 rings (SSSR count). The topological polar surface area (TPSA) is 84.5 Å². The number of carbonyl (C=O) groups is 3. The molecule has 0 aliphatic rings. The highest BCUT2D eigenvalue weighted by Crippen LogP contribution is 2.15. The monoisotopic (exact) mass is 354 g/mol. The van der Waals surface area contributed by atoms with Gasteiger partial charge in [-0.1, -0.05) is 17.2 Å². The van der Waals surface area contributed by atoms with Crippen LogP contribution in [0.1, 0.15) is 35.3 Å². The zero-order chi connectivity index (χ0) is 19.3. The number of aryl methyl sites for hydroxylation is 2. The molecule has 0 saturated carbocycles. The van der Waals surface area contributed by atoms with Crippen molar-refractivity contribution in [1.82, 2.24) is 0 Å². The van der Waals surface area contributed by atoms with Crippen LogP contribution >= 0.6 is 0 Å². The molecule has 0 saturated heterocycles. The van der Waals surface area contributed by atoms with Crippen LogP contribution in [0, 0.1) is 13.8 Å². The van der Waals surface area contributed by atoms with E-state index in [1.807, 2.05) is 19.9 Å². The van der Waals surface area contributed by atoms with Gasteiger partial charge in [0.1, 0.15) is 0 Å². The van der Waals surface area contributed by atoms with Crippen LogP contribution in [0.5, 0.6) is 0 Å². The molecule has 0 spiro atoms. The van der Waals surface area contributed by atoms with Crippen molar-refractivity contribution >= 4 is 29.2 Å². The summed E-state index contributed by atoms with van der Waals surface area (Å²) in [4.78, 5) is 35.4. The maximum Gasteiger partial charge on any atom is 0.338 e. The number of benzene rings is 2. The molecule has 6 nitrogen and oxygen atoms in total. The van der Waals surface area contributed by atoms with Crippen LogP contribution in [0.3, 0.4) is 0 Å². The van der Waals surface area contributed by atoms with E-state index in [4.69, 9.17) is 4.74 Å². The van der Waals surface area contributed by atoms with E-state index in [2.05, 4.69) is 10.6 Å². The highest BCUT2D eigenvalue weighted by molar-refractivity contribution is 5.97. The molecule has 0 heterocycles. The second kappa shape index (κ2) is 8.29. The summed E-state index contributed by atoms with van der Waals surface area (Å²) in [7, 11) is 0. The number of carbonyl (C=O) groups excluding carboxylic acids is 3. The van der Waals surface area contributed by atoms with E-state index < -0.39 is 18.0 Å². The number of esters is 1. The van der Waals surface area contributed by atoms with Crippen molar-refractivity contribution in [3.05, 3.63) is 59.2 Å². The van der Waals surface area contributed by atoms with Gasteiger partial charge < -0.3 is 15.4 Å². The van der Waals surface area contributed by atoms with Crippen molar-refractivity contribution in [2.24, 2.45) is 0 Å². The predicted octanol–water partition coefficient (Wildman–Crippen LogP) is 3.45. The Morgan fingerprint density at radius 2 is 1.38 bits per heavy atom. The van der Waals surface area contributed by atoms with Crippen LogP contribution in [0.15, 0.2) is 42.5 Å². The van der Waals surface area contributed by atoms with Gasteiger partial charge >= 0.3 is 5.97 Å². The molecule has 2 aromatic rings. The molecule has 2 N–H and O–H groups in total. The van der Waals surface area contributed by atoms with Crippen LogP contribution in [0.25, 0.3) is 0 Å². The van der Waals surface area contributed by atoms with Gasteiger partial charge in [0.25, 0.3) is 5.91 Å². The van der Waals surface area contributed by atoms with Gasteiger partial charge in [-0.15, -0.1) is 0 Å². The first-order valence-corrected chi connectivity index (χ1v) is 8.22. The van der Waals surface area contributed by atoms with Gasteiger partial charge in [-0.3, -0.25) is 9.59 Å². The summed E-state index contributed by atoms with van der Waals surface area (Å²) in [5.74, 6) is -1.15. The Labute approximate surface area is 152 Å². The molecule has 0 aromatic heterocycles. The second-order valence-corrected chi connectivity index (χ2v) is 6.17. The lowest BCUT2D eigenvalue weighted by molar-refractivity contribution is -0.123. The molecule has 0 aliphatic heterocycles. The molecule has 136 valence electrons. The fourth-order valence-electron chi connectivity index (χ4n) is 2.46. The Kier molecular flexibility index (Phi) is 6.11. The predicted molar refractivity (Wildman–Crippen MR) is 100 cm³/mol. The van der Waals surface area contributed by atoms with Gasteiger partial charge in [-0.05, 0) is 57.2 Å². The van der Waals surface area contributed by atoms with E-state index in [0.717, 1.165) is 11.1 Å². The van der Waals surface area contributed by atoms with Crippen LogP contribution in [-0.2, 0) is 14.3 Å². The van der Waals surface area contributed by atoms with E-state index in [1.54, 1.807) is 36.4 Å². The quantitative estimate of drug-likeness (QED) is 0.806. The first kappa shape index (κ1) is 19.2. The second-order valence-electron chi connectivity index (χ2n) is 6.17. The van der Waals surface area contributed by atoms with Crippen molar-refractivity contribution in [2.45, 2.75) is 33.8 Å². The SMILES string of the molecule is CC(=O)Nc1ccc(NC(=O)[C@H](C)OC(=O)c2cc(C)cc(C)c2)cc1. The summed E-state index contributed by atoms with van der Waals surface area (Å²) in [6.45, 7) is 6.72. The third-order valence-corrected chi connectivity index (χ3v) is 3.58. The summed E-state index contributed by atoms with van der Waals surface area (Å²) in [6, 6.07) is 12.1. The minimum absolute atomic E-state index is 0.172. The van der Waals surface area contributed by atoms with Crippen LogP contribution in [0.2, 0.25) is 0 Å². The van der Waals surface area contributed by atoms with Gasteiger partial charge in [-0.25, -0.2) is 4.79 Å². The summed E-state index contributed by atoms with van der Waals surface area (Å²) >= 11 is 0. The van der Waals surface area contributed by atoms with E-state index in [1.165, 1.54) is 13.8 Å². The van der Waals surface area contributed by atoms with Gasteiger partial charge in [0, 0.05) is 18.3 Å².